The zero-order valence-corrected chi connectivity index (χ0v) is 12.4. The van der Waals surface area contributed by atoms with E-state index in [1.54, 1.807) is 0 Å². The smallest absolute Gasteiger partial charge is 0.270 e. The lowest BCUT2D eigenvalue weighted by Crippen LogP contribution is -2.47. The molecule has 0 unspecified atom stereocenters. The SMILES string of the molecule is Cc1ccc2[nH]c(C(=O)N3CCN(C)CC3)cc2c1C. The Morgan fingerprint density at radius 2 is 1.85 bits per heavy atom. The molecular weight excluding hydrogens is 250 g/mol. The van der Waals surface area contributed by atoms with E-state index >= 15 is 0 Å². The summed E-state index contributed by atoms with van der Waals surface area (Å²) in [6, 6.07) is 6.15. The van der Waals surface area contributed by atoms with Crippen molar-refractivity contribution >= 4 is 16.8 Å². The maximum atomic E-state index is 12.5. The molecule has 1 aromatic heterocycles. The summed E-state index contributed by atoms with van der Waals surface area (Å²) in [5.74, 6) is 0.117. The standard InChI is InChI=1S/C16H21N3O/c1-11-4-5-14-13(12(11)2)10-15(17-14)16(20)19-8-6-18(3)7-9-19/h4-5,10,17H,6-9H2,1-3H3. The highest BCUT2D eigenvalue weighted by Gasteiger charge is 2.21. The van der Waals surface area contributed by atoms with E-state index in [1.807, 2.05) is 11.0 Å². The first-order valence-corrected chi connectivity index (χ1v) is 7.13. The van der Waals surface area contributed by atoms with Gasteiger partial charge in [0.1, 0.15) is 5.69 Å². The molecule has 1 aromatic carbocycles. The Morgan fingerprint density at radius 3 is 2.55 bits per heavy atom. The van der Waals surface area contributed by atoms with Crippen molar-refractivity contribution in [3.63, 3.8) is 0 Å². The van der Waals surface area contributed by atoms with E-state index in [0.29, 0.717) is 5.69 Å². The molecule has 0 bridgehead atoms. The van der Waals surface area contributed by atoms with Crippen LogP contribution in [-0.2, 0) is 0 Å². The number of aromatic nitrogens is 1. The first kappa shape index (κ1) is 13.2. The molecule has 4 heteroatoms. The maximum absolute atomic E-state index is 12.5. The van der Waals surface area contributed by atoms with Crippen LogP contribution < -0.4 is 0 Å². The van der Waals surface area contributed by atoms with Gasteiger partial charge in [0.2, 0.25) is 0 Å². The summed E-state index contributed by atoms with van der Waals surface area (Å²) in [7, 11) is 2.09. The average Bonchev–Trinajstić information content (AvgIpc) is 2.88. The number of likely N-dealkylation sites (N-methyl/N-ethyl adjacent to an activating group) is 1. The third-order valence-corrected chi connectivity index (χ3v) is 4.36. The topological polar surface area (TPSA) is 39.3 Å². The van der Waals surface area contributed by atoms with Gasteiger partial charge in [0.15, 0.2) is 0 Å². The molecule has 3 rings (SSSR count). The minimum Gasteiger partial charge on any atom is -0.351 e. The number of nitrogens with one attached hydrogen (secondary N) is 1. The zero-order chi connectivity index (χ0) is 14.3. The largest absolute Gasteiger partial charge is 0.351 e. The fraction of sp³-hybridized carbons (Fsp3) is 0.438. The second kappa shape index (κ2) is 4.94. The lowest BCUT2D eigenvalue weighted by atomic mass is 10.1. The summed E-state index contributed by atoms with van der Waals surface area (Å²) in [4.78, 5) is 20.0. The Balaban J connectivity index is 1.90. The molecule has 1 aliphatic heterocycles. The summed E-state index contributed by atoms with van der Waals surface area (Å²) in [5.41, 5.74) is 4.26. The van der Waals surface area contributed by atoms with Crippen LogP contribution in [0.3, 0.4) is 0 Å². The Kier molecular flexibility index (Phi) is 3.26. The van der Waals surface area contributed by atoms with Crippen molar-refractivity contribution in [2.24, 2.45) is 0 Å². The Bertz CT molecular complexity index is 651. The van der Waals surface area contributed by atoms with E-state index < -0.39 is 0 Å². The number of fused-ring (bicyclic) bond motifs is 1. The number of aryl methyl sites for hydroxylation is 2. The number of carbonyl (C=O) groups excluding carboxylic acids is 1. The molecule has 0 saturated carbocycles. The number of aromatic amines is 1. The fourth-order valence-corrected chi connectivity index (χ4v) is 2.75. The van der Waals surface area contributed by atoms with Gasteiger partial charge in [-0.1, -0.05) is 6.07 Å². The number of carbonyl (C=O) groups is 1. The zero-order valence-electron chi connectivity index (χ0n) is 12.4. The maximum Gasteiger partial charge on any atom is 0.270 e. The summed E-state index contributed by atoms with van der Waals surface area (Å²) >= 11 is 0. The van der Waals surface area contributed by atoms with E-state index in [0.717, 1.165) is 37.1 Å². The highest BCUT2D eigenvalue weighted by atomic mass is 16.2. The van der Waals surface area contributed by atoms with Crippen LogP contribution in [0.25, 0.3) is 10.9 Å². The van der Waals surface area contributed by atoms with Crippen LogP contribution >= 0.6 is 0 Å². The predicted octanol–water partition coefficient (Wildman–Crippen LogP) is 2.17. The minimum atomic E-state index is 0.117. The van der Waals surface area contributed by atoms with Crippen molar-refractivity contribution in [2.45, 2.75) is 13.8 Å². The normalized spacial score (nSPS) is 16.9. The lowest BCUT2D eigenvalue weighted by Gasteiger charge is -2.32. The second-order valence-corrected chi connectivity index (χ2v) is 5.75. The van der Waals surface area contributed by atoms with E-state index in [2.05, 4.69) is 42.9 Å². The number of nitrogens with zero attached hydrogens (tertiary/aromatic N) is 2. The van der Waals surface area contributed by atoms with Crippen molar-refractivity contribution in [3.05, 3.63) is 35.0 Å². The number of benzene rings is 1. The molecule has 0 atom stereocenters. The fourth-order valence-electron chi connectivity index (χ4n) is 2.75. The lowest BCUT2D eigenvalue weighted by molar-refractivity contribution is 0.0659. The average molecular weight is 271 g/mol. The van der Waals surface area contributed by atoms with E-state index in [9.17, 15) is 4.79 Å². The first-order chi connectivity index (χ1) is 9.56. The van der Waals surface area contributed by atoms with Gasteiger partial charge in [-0.15, -0.1) is 0 Å². The van der Waals surface area contributed by atoms with E-state index in [-0.39, 0.29) is 5.91 Å². The molecule has 1 amide bonds. The van der Waals surface area contributed by atoms with Crippen molar-refractivity contribution < 1.29 is 4.79 Å². The minimum absolute atomic E-state index is 0.117. The number of hydrogen-bond donors (Lipinski definition) is 1. The number of hydrogen-bond acceptors (Lipinski definition) is 2. The van der Waals surface area contributed by atoms with Gasteiger partial charge >= 0.3 is 0 Å². The van der Waals surface area contributed by atoms with E-state index in [1.165, 1.54) is 11.1 Å². The van der Waals surface area contributed by atoms with Gasteiger partial charge in [-0.2, -0.15) is 0 Å². The summed E-state index contributed by atoms with van der Waals surface area (Å²) in [6.45, 7) is 7.72. The molecule has 0 aliphatic carbocycles. The molecule has 1 N–H and O–H groups in total. The van der Waals surface area contributed by atoms with Crippen molar-refractivity contribution in [3.8, 4) is 0 Å². The number of piperazine rings is 1. The van der Waals surface area contributed by atoms with Crippen molar-refractivity contribution in [2.75, 3.05) is 33.2 Å². The van der Waals surface area contributed by atoms with Gasteiger partial charge in [0, 0.05) is 37.1 Å². The highest BCUT2D eigenvalue weighted by Crippen LogP contribution is 2.23. The van der Waals surface area contributed by atoms with Crippen LogP contribution in [0.15, 0.2) is 18.2 Å². The third-order valence-electron chi connectivity index (χ3n) is 4.36. The molecule has 1 saturated heterocycles. The first-order valence-electron chi connectivity index (χ1n) is 7.13. The molecule has 2 heterocycles. The monoisotopic (exact) mass is 271 g/mol. The molecule has 106 valence electrons. The van der Waals surface area contributed by atoms with Crippen LogP contribution in [0.4, 0.5) is 0 Å². The van der Waals surface area contributed by atoms with Crippen LogP contribution in [0, 0.1) is 13.8 Å². The molecule has 4 nitrogen and oxygen atoms in total. The molecule has 20 heavy (non-hydrogen) atoms. The predicted molar refractivity (Wildman–Crippen MR) is 81.2 cm³/mol. The summed E-state index contributed by atoms with van der Waals surface area (Å²) < 4.78 is 0. The molecular formula is C16H21N3O. The number of rotatable bonds is 1. The van der Waals surface area contributed by atoms with Gasteiger partial charge in [0.25, 0.3) is 5.91 Å². The van der Waals surface area contributed by atoms with Gasteiger partial charge in [-0.25, -0.2) is 0 Å². The summed E-state index contributed by atoms with van der Waals surface area (Å²) in [5, 5.41) is 1.16. The number of amides is 1. The molecule has 1 aliphatic rings. The molecule has 0 radical (unpaired) electrons. The molecule has 0 spiro atoms. The Labute approximate surface area is 119 Å². The molecule has 1 fully saturated rings. The quantitative estimate of drug-likeness (QED) is 0.863. The highest BCUT2D eigenvalue weighted by molar-refractivity contribution is 5.99. The van der Waals surface area contributed by atoms with E-state index in [4.69, 9.17) is 0 Å². The number of H-pyrrole nitrogens is 1. The summed E-state index contributed by atoms with van der Waals surface area (Å²) in [6.07, 6.45) is 0. The Morgan fingerprint density at radius 1 is 1.15 bits per heavy atom. The van der Waals surface area contributed by atoms with Crippen LogP contribution in [0.1, 0.15) is 21.6 Å². The van der Waals surface area contributed by atoms with Crippen LogP contribution in [-0.4, -0.2) is 53.9 Å². The van der Waals surface area contributed by atoms with Crippen LogP contribution in [0.2, 0.25) is 0 Å². The Hall–Kier alpha value is -1.81. The van der Waals surface area contributed by atoms with Gasteiger partial charge in [-0.3, -0.25) is 4.79 Å². The van der Waals surface area contributed by atoms with Crippen LogP contribution in [0.5, 0.6) is 0 Å². The van der Waals surface area contributed by atoms with Crippen molar-refractivity contribution in [1.29, 1.82) is 0 Å². The second-order valence-electron chi connectivity index (χ2n) is 5.75. The van der Waals surface area contributed by atoms with Gasteiger partial charge in [0.05, 0.1) is 0 Å². The third kappa shape index (κ3) is 2.20. The van der Waals surface area contributed by atoms with Crippen molar-refractivity contribution in [1.82, 2.24) is 14.8 Å². The van der Waals surface area contributed by atoms with Gasteiger partial charge in [-0.05, 0) is 44.2 Å². The van der Waals surface area contributed by atoms with Gasteiger partial charge < -0.3 is 14.8 Å². The molecule has 2 aromatic rings.